The first-order valence-corrected chi connectivity index (χ1v) is 6.02. The Hall–Kier alpha value is -2.95. The minimum Gasteiger partial charge on any atom is -0.507 e. The molecule has 0 aliphatic rings. The number of rotatable bonds is 2. The molecule has 5 heteroatoms. The molecule has 1 amide bonds. The van der Waals surface area contributed by atoms with Gasteiger partial charge in [0.1, 0.15) is 5.75 Å². The third-order valence-corrected chi connectivity index (χ3v) is 3.00. The smallest absolute Gasteiger partial charge is 0.291 e. The summed E-state index contributed by atoms with van der Waals surface area (Å²) in [5, 5.41) is 14.0. The Morgan fingerprint density at radius 3 is 2.55 bits per heavy atom. The van der Waals surface area contributed by atoms with E-state index in [1.807, 2.05) is 6.07 Å². The van der Waals surface area contributed by atoms with E-state index in [1.165, 1.54) is 12.1 Å². The van der Waals surface area contributed by atoms with Crippen molar-refractivity contribution in [2.75, 3.05) is 11.1 Å². The van der Waals surface area contributed by atoms with E-state index < -0.39 is 5.91 Å². The molecular weight excluding hydrogens is 256 g/mol. The van der Waals surface area contributed by atoms with Gasteiger partial charge in [-0.25, -0.2) is 0 Å². The predicted molar refractivity (Wildman–Crippen MR) is 76.7 cm³/mol. The Morgan fingerprint density at radius 1 is 1.05 bits per heavy atom. The number of benzene rings is 2. The number of aromatic hydroxyl groups is 1. The van der Waals surface area contributed by atoms with E-state index in [0.717, 1.165) is 5.39 Å². The molecule has 1 heterocycles. The second-order valence-corrected chi connectivity index (χ2v) is 4.33. The van der Waals surface area contributed by atoms with Gasteiger partial charge >= 0.3 is 0 Å². The highest BCUT2D eigenvalue weighted by atomic mass is 16.4. The van der Waals surface area contributed by atoms with Gasteiger partial charge in [0.2, 0.25) is 0 Å². The summed E-state index contributed by atoms with van der Waals surface area (Å²) in [6, 6.07) is 13.5. The lowest BCUT2D eigenvalue weighted by molar-refractivity contribution is 0.0998. The summed E-state index contributed by atoms with van der Waals surface area (Å²) in [7, 11) is 0. The van der Waals surface area contributed by atoms with Gasteiger partial charge in [-0.1, -0.05) is 24.3 Å². The van der Waals surface area contributed by atoms with Gasteiger partial charge in [0.25, 0.3) is 5.91 Å². The lowest BCUT2D eigenvalue weighted by atomic mass is 10.1. The molecule has 0 aliphatic heterocycles. The Balaban J connectivity index is 1.99. The zero-order chi connectivity index (χ0) is 14.1. The molecule has 20 heavy (non-hydrogen) atoms. The normalized spacial score (nSPS) is 10.6. The van der Waals surface area contributed by atoms with Gasteiger partial charge in [-0.15, -0.1) is 0 Å². The Kier molecular flexibility index (Phi) is 2.80. The summed E-state index contributed by atoms with van der Waals surface area (Å²) in [6.45, 7) is 0. The summed E-state index contributed by atoms with van der Waals surface area (Å²) in [5.74, 6) is 0.101. The van der Waals surface area contributed by atoms with Crippen molar-refractivity contribution in [3.63, 3.8) is 0 Å². The molecule has 4 N–H and O–H groups in total. The fourth-order valence-corrected chi connectivity index (χ4v) is 2.06. The quantitative estimate of drug-likeness (QED) is 0.666. The summed E-state index contributed by atoms with van der Waals surface area (Å²) < 4.78 is 5.07. The lowest BCUT2D eigenvalue weighted by Gasteiger charge is -2.08. The first-order valence-electron chi connectivity index (χ1n) is 6.02. The van der Waals surface area contributed by atoms with Crippen LogP contribution in [0.2, 0.25) is 0 Å². The van der Waals surface area contributed by atoms with E-state index in [1.54, 1.807) is 30.3 Å². The average Bonchev–Trinajstić information content (AvgIpc) is 2.87. The molecule has 5 nitrogen and oxygen atoms in total. The van der Waals surface area contributed by atoms with Gasteiger partial charge in [0.05, 0.1) is 0 Å². The number of nitrogens with one attached hydrogen (secondary N) is 1. The fourth-order valence-electron chi connectivity index (χ4n) is 2.06. The second kappa shape index (κ2) is 4.62. The molecule has 0 atom stereocenters. The third kappa shape index (κ3) is 2.05. The van der Waals surface area contributed by atoms with Crippen molar-refractivity contribution >= 4 is 28.3 Å². The Bertz CT molecular complexity index is 793. The standard InChI is InChI=1S/C15H12N2O3/c16-14-8-7-13(20-14)15(19)17-11-5-1-4-10-9(11)3-2-6-12(10)18/h1-8,18H,16H2,(H,17,19). The molecule has 3 rings (SSSR count). The van der Waals surface area contributed by atoms with Crippen LogP contribution in [0, 0.1) is 0 Å². The largest absolute Gasteiger partial charge is 0.507 e. The van der Waals surface area contributed by atoms with Crippen molar-refractivity contribution in [1.82, 2.24) is 0 Å². The summed E-state index contributed by atoms with van der Waals surface area (Å²) >= 11 is 0. The van der Waals surface area contributed by atoms with Gasteiger partial charge in [-0.3, -0.25) is 4.79 Å². The summed E-state index contributed by atoms with van der Waals surface area (Å²) in [5.41, 5.74) is 6.04. The molecule has 0 fully saturated rings. The van der Waals surface area contributed by atoms with Crippen LogP contribution in [0.25, 0.3) is 10.8 Å². The first-order chi connectivity index (χ1) is 9.65. The molecule has 0 unspecified atom stereocenters. The van der Waals surface area contributed by atoms with E-state index >= 15 is 0 Å². The van der Waals surface area contributed by atoms with Crippen molar-refractivity contribution in [3.05, 3.63) is 54.3 Å². The number of hydrogen-bond donors (Lipinski definition) is 3. The van der Waals surface area contributed by atoms with E-state index in [0.29, 0.717) is 11.1 Å². The fraction of sp³-hybridized carbons (Fsp3) is 0. The zero-order valence-corrected chi connectivity index (χ0v) is 10.5. The predicted octanol–water partition coefficient (Wildman–Crippen LogP) is 2.97. The maximum absolute atomic E-state index is 12.0. The molecule has 2 aromatic carbocycles. The molecule has 0 saturated carbocycles. The number of phenolic OH excluding ortho intramolecular Hbond substituents is 1. The van der Waals surface area contributed by atoms with Gasteiger partial charge in [-0.2, -0.15) is 0 Å². The van der Waals surface area contributed by atoms with Crippen LogP contribution in [0.1, 0.15) is 10.6 Å². The topological polar surface area (TPSA) is 88.5 Å². The number of nitrogen functional groups attached to an aromatic ring is 1. The molecule has 0 bridgehead atoms. The Morgan fingerprint density at radius 2 is 1.80 bits per heavy atom. The SMILES string of the molecule is Nc1ccc(C(=O)Nc2cccc3c(O)cccc23)o1. The van der Waals surface area contributed by atoms with E-state index in [9.17, 15) is 9.90 Å². The van der Waals surface area contributed by atoms with Crippen LogP contribution < -0.4 is 11.1 Å². The molecule has 3 aromatic rings. The number of furan rings is 1. The molecule has 0 saturated heterocycles. The van der Waals surface area contributed by atoms with Gasteiger partial charge in [0.15, 0.2) is 11.6 Å². The molecule has 0 aliphatic carbocycles. The third-order valence-electron chi connectivity index (χ3n) is 3.00. The van der Waals surface area contributed by atoms with Crippen LogP contribution in [0.5, 0.6) is 5.75 Å². The number of carbonyl (C=O) groups excluding carboxylic acids is 1. The second-order valence-electron chi connectivity index (χ2n) is 4.33. The molecular formula is C15H12N2O3. The highest BCUT2D eigenvalue weighted by Gasteiger charge is 2.12. The van der Waals surface area contributed by atoms with Crippen LogP contribution in [0.3, 0.4) is 0 Å². The van der Waals surface area contributed by atoms with Crippen molar-refractivity contribution in [2.24, 2.45) is 0 Å². The molecule has 0 spiro atoms. The maximum Gasteiger partial charge on any atom is 0.291 e. The monoisotopic (exact) mass is 268 g/mol. The minimum absolute atomic E-state index is 0.139. The van der Waals surface area contributed by atoms with Crippen molar-refractivity contribution in [3.8, 4) is 5.75 Å². The van der Waals surface area contributed by atoms with Gasteiger partial charge in [-0.05, 0) is 18.2 Å². The van der Waals surface area contributed by atoms with E-state index in [4.69, 9.17) is 10.2 Å². The lowest BCUT2D eigenvalue weighted by Crippen LogP contribution is -2.11. The average molecular weight is 268 g/mol. The molecule has 0 radical (unpaired) electrons. The highest BCUT2D eigenvalue weighted by molar-refractivity contribution is 6.08. The summed E-state index contributed by atoms with van der Waals surface area (Å²) in [6.07, 6.45) is 0. The van der Waals surface area contributed by atoms with Crippen LogP contribution in [-0.2, 0) is 0 Å². The van der Waals surface area contributed by atoms with Gasteiger partial charge in [0, 0.05) is 22.5 Å². The zero-order valence-electron chi connectivity index (χ0n) is 10.5. The maximum atomic E-state index is 12.0. The first kappa shape index (κ1) is 12.1. The number of nitrogens with two attached hydrogens (primary N) is 1. The van der Waals surface area contributed by atoms with Crippen LogP contribution in [0.4, 0.5) is 11.6 Å². The van der Waals surface area contributed by atoms with Crippen molar-refractivity contribution in [2.45, 2.75) is 0 Å². The van der Waals surface area contributed by atoms with Crippen molar-refractivity contribution in [1.29, 1.82) is 0 Å². The minimum atomic E-state index is -0.391. The van der Waals surface area contributed by atoms with Crippen LogP contribution in [-0.4, -0.2) is 11.0 Å². The van der Waals surface area contributed by atoms with E-state index in [2.05, 4.69) is 5.32 Å². The van der Waals surface area contributed by atoms with Gasteiger partial charge < -0.3 is 20.6 Å². The Labute approximate surface area is 114 Å². The van der Waals surface area contributed by atoms with Crippen molar-refractivity contribution < 1.29 is 14.3 Å². The molecule has 1 aromatic heterocycles. The van der Waals surface area contributed by atoms with Crippen LogP contribution >= 0.6 is 0 Å². The van der Waals surface area contributed by atoms with Crippen LogP contribution in [0.15, 0.2) is 52.9 Å². The number of carbonyl (C=O) groups is 1. The number of fused-ring (bicyclic) bond motifs is 1. The van der Waals surface area contributed by atoms with E-state index in [-0.39, 0.29) is 17.4 Å². The number of hydrogen-bond acceptors (Lipinski definition) is 4. The number of amides is 1. The molecule has 100 valence electrons. The number of anilines is 2. The summed E-state index contributed by atoms with van der Waals surface area (Å²) in [4.78, 5) is 12.0. The number of phenols is 1. The highest BCUT2D eigenvalue weighted by Crippen LogP contribution is 2.30.